The fourth-order valence-corrected chi connectivity index (χ4v) is 5.74. The van der Waals surface area contributed by atoms with Gasteiger partial charge in [-0.05, 0) is 61.4 Å². The molecule has 1 aliphatic carbocycles. The molecule has 35 heavy (non-hydrogen) atoms. The molecule has 1 saturated heterocycles. The number of halogens is 2. The van der Waals surface area contributed by atoms with Gasteiger partial charge in [-0.2, -0.15) is 5.10 Å². The predicted molar refractivity (Wildman–Crippen MR) is 126 cm³/mol. The number of H-pyrrole nitrogens is 1. The highest BCUT2D eigenvalue weighted by Gasteiger charge is 2.53. The number of carboxylic acids is 1. The molecule has 2 N–H and O–H groups in total. The summed E-state index contributed by atoms with van der Waals surface area (Å²) in [7, 11) is 1.43. The van der Waals surface area contributed by atoms with Crippen LogP contribution in [0, 0.1) is 5.82 Å². The zero-order valence-corrected chi connectivity index (χ0v) is 19.2. The van der Waals surface area contributed by atoms with Crippen LogP contribution < -0.4 is 4.74 Å². The molecule has 7 nitrogen and oxygen atoms in total. The van der Waals surface area contributed by atoms with E-state index in [1.807, 2.05) is 12.1 Å². The van der Waals surface area contributed by atoms with Crippen molar-refractivity contribution < 1.29 is 28.2 Å². The van der Waals surface area contributed by atoms with Crippen LogP contribution in [0.25, 0.3) is 27.5 Å². The van der Waals surface area contributed by atoms with Crippen molar-refractivity contribution in [3.8, 4) is 11.4 Å². The standard InChI is InChI=1S/C26H25F2N3O4/c1-34-22-9-17(2-3-19(22)27)31-21-8-15-13-29-30-20(15)10-18(21)23(16-11-26(28,12-16)25(32)33)24(31)14-4-6-35-7-5-14/h2-3,8-10,13-14,16H,4-7,11-12H2,1H3,(H,29,30)(H,32,33). The summed E-state index contributed by atoms with van der Waals surface area (Å²) in [5.41, 5.74) is 2.21. The van der Waals surface area contributed by atoms with E-state index >= 15 is 0 Å². The third-order valence-electron chi connectivity index (χ3n) is 7.54. The van der Waals surface area contributed by atoms with Gasteiger partial charge in [0, 0.05) is 47.4 Å². The molecule has 0 bridgehead atoms. The van der Waals surface area contributed by atoms with Crippen molar-refractivity contribution in [3.63, 3.8) is 0 Å². The Kier molecular flexibility index (Phi) is 5.07. The molecule has 0 amide bonds. The molecule has 3 heterocycles. The van der Waals surface area contributed by atoms with Gasteiger partial charge >= 0.3 is 5.97 Å². The van der Waals surface area contributed by atoms with Gasteiger partial charge in [0.15, 0.2) is 11.6 Å². The Labute approximate surface area is 199 Å². The summed E-state index contributed by atoms with van der Waals surface area (Å²) in [4.78, 5) is 11.5. The van der Waals surface area contributed by atoms with E-state index in [4.69, 9.17) is 9.47 Å². The largest absolute Gasteiger partial charge is 0.494 e. The number of nitrogens with one attached hydrogen (secondary N) is 1. The quantitative estimate of drug-likeness (QED) is 0.408. The summed E-state index contributed by atoms with van der Waals surface area (Å²) in [5, 5.41) is 18.4. The number of carboxylic acid groups (broad SMARTS) is 1. The smallest absolute Gasteiger partial charge is 0.341 e. The molecule has 1 aliphatic heterocycles. The van der Waals surface area contributed by atoms with Crippen LogP contribution in [0.2, 0.25) is 0 Å². The van der Waals surface area contributed by atoms with Crippen LogP contribution in [-0.2, 0) is 9.53 Å². The molecule has 9 heteroatoms. The number of alkyl halides is 1. The lowest BCUT2D eigenvalue weighted by molar-refractivity contribution is -0.158. The topological polar surface area (TPSA) is 89.4 Å². The summed E-state index contributed by atoms with van der Waals surface area (Å²) in [6.07, 6.45) is 3.16. The third kappa shape index (κ3) is 3.40. The lowest BCUT2D eigenvalue weighted by atomic mass is 9.67. The van der Waals surface area contributed by atoms with Crippen LogP contribution in [-0.4, -0.2) is 51.8 Å². The van der Waals surface area contributed by atoms with Crippen LogP contribution in [0.3, 0.4) is 0 Å². The molecule has 182 valence electrons. The van der Waals surface area contributed by atoms with Crippen molar-refractivity contribution in [1.29, 1.82) is 0 Å². The molecule has 2 aliphatic rings. The Bertz CT molecular complexity index is 1450. The van der Waals surface area contributed by atoms with Crippen LogP contribution >= 0.6 is 0 Å². The summed E-state index contributed by atoms with van der Waals surface area (Å²) in [6, 6.07) is 8.78. The first kappa shape index (κ1) is 22.0. The highest BCUT2D eigenvalue weighted by molar-refractivity contribution is 5.99. The van der Waals surface area contributed by atoms with E-state index in [0.29, 0.717) is 13.2 Å². The van der Waals surface area contributed by atoms with E-state index in [1.165, 1.54) is 13.2 Å². The number of rotatable bonds is 5. The normalized spacial score (nSPS) is 23.0. The highest BCUT2D eigenvalue weighted by Crippen LogP contribution is 2.53. The molecular weight excluding hydrogens is 456 g/mol. The van der Waals surface area contributed by atoms with Crippen molar-refractivity contribution >= 4 is 27.8 Å². The Hall–Kier alpha value is -3.46. The number of ether oxygens (including phenoxy) is 2. The number of fused-ring (bicyclic) bond motifs is 2. The second kappa shape index (κ2) is 8.05. The Morgan fingerprint density at radius 3 is 2.71 bits per heavy atom. The number of carbonyl (C=O) groups is 1. The monoisotopic (exact) mass is 481 g/mol. The van der Waals surface area contributed by atoms with E-state index in [9.17, 15) is 18.7 Å². The van der Waals surface area contributed by atoms with Gasteiger partial charge in [-0.15, -0.1) is 0 Å². The first-order valence-electron chi connectivity index (χ1n) is 11.7. The molecule has 2 aromatic heterocycles. The SMILES string of the molecule is COc1cc(-n2c(C3CCOCC3)c(C3CC(F)(C(=O)O)C3)c3cc4[nH]ncc4cc32)ccc1F. The Morgan fingerprint density at radius 2 is 2.00 bits per heavy atom. The number of nitrogens with zero attached hydrogens (tertiary/aromatic N) is 2. The predicted octanol–water partition coefficient (Wildman–Crippen LogP) is 5.22. The van der Waals surface area contributed by atoms with Gasteiger partial charge in [0.25, 0.3) is 0 Å². The number of aliphatic carboxylic acids is 1. The van der Waals surface area contributed by atoms with E-state index in [0.717, 1.165) is 51.6 Å². The number of aromatic amines is 1. The Balaban J connectivity index is 1.65. The van der Waals surface area contributed by atoms with E-state index in [-0.39, 0.29) is 30.4 Å². The molecule has 6 rings (SSSR count). The molecule has 0 radical (unpaired) electrons. The molecule has 1 saturated carbocycles. The van der Waals surface area contributed by atoms with E-state index in [2.05, 4.69) is 14.8 Å². The molecule has 0 spiro atoms. The summed E-state index contributed by atoms with van der Waals surface area (Å²) < 4.78 is 42.2. The lowest BCUT2D eigenvalue weighted by Gasteiger charge is -2.39. The zero-order valence-electron chi connectivity index (χ0n) is 19.2. The molecule has 2 aromatic carbocycles. The molecule has 2 fully saturated rings. The zero-order chi connectivity index (χ0) is 24.3. The van der Waals surface area contributed by atoms with Gasteiger partial charge in [0.05, 0.1) is 24.3 Å². The lowest BCUT2D eigenvalue weighted by Crippen LogP contribution is -2.45. The maximum absolute atomic E-state index is 14.9. The molecule has 0 unspecified atom stereocenters. The number of hydrogen-bond acceptors (Lipinski definition) is 4. The second-order valence-electron chi connectivity index (χ2n) is 9.54. The average Bonchev–Trinajstić information content (AvgIpc) is 3.43. The number of aromatic nitrogens is 3. The van der Waals surface area contributed by atoms with Crippen molar-refractivity contribution in [2.45, 2.75) is 43.2 Å². The van der Waals surface area contributed by atoms with Gasteiger partial charge in [-0.25, -0.2) is 13.6 Å². The first-order chi connectivity index (χ1) is 16.9. The number of hydrogen-bond donors (Lipinski definition) is 2. The average molecular weight is 481 g/mol. The van der Waals surface area contributed by atoms with Crippen LogP contribution in [0.1, 0.15) is 48.8 Å². The fraction of sp³-hybridized carbons (Fsp3) is 0.385. The highest BCUT2D eigenvalue weighted by atomic mass is 19.1. The minimum atomic E-state index is -2.22. The Morgan fingerprint density at radius 1 is 1.23 bits per heavy atom. The number of benzene rings is 2. The van der Waals surface area contributed by atoms with Gasteiger partial charge in [-0.1, -0.05) is 0 Å². The van der Waals surface area contributed by atoms with Gasteiger partial charge < -0.3 is 19.1 Å². The molecule has 0 atom stereocenters. The first-order valence-corrected chi connectivity index (χ1v) is 11.7. The van der Waals surface area contributed by atoms with Crippen LogP contribution in [0.4, 0.5) is 8.78 Å². The maximum Gasteiger partial charge on any atom is 0.341 e. The summed E-state index contributed by atoms with van der Waals surface area (Å²) in [5.74, 6) is -1.87. The third-order valence-corrected chi connectivity index (χ3v) is 7.54. The van der Waals surface area contributed by atoms with Crippen molar-refractivity contribution in [3.05, 3.63) is 53.6 Å². The minimum Gasteiger partial charge on any atom is -0.494 e. The van der Waals surface area contributed by atoms with Crippen molar-refractivity contribution in [2.75, 3.05) is 20.3 Å². The van der Waals surface area contributed by atoms with E-state index in [1.54, 1.807) is 18.3 Å². The van der Waals surface area contributed by atoms with Crippen LogP contribution in [0.15, 0.2) is 36.5 Å². The minimum absolute atomic E-state index is 0.0780. The van der Waals surface area contributed by atoms with Gasteiger partial charge in [-0.3, -0.25) is 5.10 Å². The second-order valence-corrected chi connectivity index (χ2v) is 9.54. The summed E-state index contributed by atoms with van der Waals surface area (Å²) in [6.45, 7) is 1.21. The maximum atomic E-state index is 14.9. The van der Waals surface area contributed by atoms with E-state index < -0.39 is 17.5 Å². The van der Waals surface area contributed by atoms with Gasteiger partial charge in [0.1, 0.15) is 0 Å². The van der Waals surface area contributed by atoms with Crippen LogP contribution in [0.5, 0.6) is 5.75 Å². The fourth-order valence-electron chi connectivity index (χ4n) is 5.74. The van der Waals surface area contributed by atoms with Crippen molar-refractivity contribution in [2.24, 2.45) is 0 Å². The van der Waals surface area contributed by atoms with Gasteiger partial charge in [0.2, 0.25) is 5.67 Å². The molecular formula is C26H25F2N3O4. The molecule has 4 aromatic rings. The number of methoxy groups -OCH3 is 1. The summed E-state index contributed by atoms with van der Waals surface area (Å²) >= 11 is 0. The van der Waals surface area contributed by atoms with Crippen molar-refractivity contribution in [1.82, 2.24) is 14.8 Å².